The molecule has 6 nitrogen and oxygen atoms in total. The van der Waals surface area contributed by atoms with Crippen LogP contribution in [0.4, 0.5) is 11.4 Å². The van der Waals surface area contributed by atoms with E-state index < -0.39 is 11.9 Å². The molecule has 0 aliphatic rings. The Morgan fingerprint density at radius 1 is 1.16 bits per heavy atom. The van der Waals surface area contributed by atoms with Crippen molar-refractivity contribution in [2.45, 2.75) is 19.8 Å². The number of carboxylic acid groups (broad SMARTS) is 1. The Morgan fingerprint density at radius 2 is 1.84 bits per heavy atom. The SMILES string of the molecule is CC(=O)Nc1ccc(Br)cc1NC(=O)CCC(=O)O. The highest BCUT2D eigenvalue weighted by Gasteiger charge is 2.10. The van der Waals surface area contributed by atoms with Crippen molar-refractivity contribution in [2.75, 3.05) is 10.6 Å². The molecule has 1 aromatic rings. The number of hydrogen-bond acceptors (Lipinski definition) is 3. The monoisotopic (exact) mass is 328 g/mol. The molecule has 3 N–H and O–H groups in total. The number of nitrogens with one attached hydrogen (secondary N) is 2. The number of anilines is 2. The van der Waals surface area contributed by atoms with E-state index >= 15 is 0 Å². The molecule has 2 amide bonds. The molecule has 19 heavy (non-hydrogen) atoms. The standard InChI is InChI=1S/C12H13BrN2O4/c1-7(16)14-9-3-2-8(13)6-10(9)15-11(17)4-5-12(18)19/h2-3,6H,4-5H2,1H3,(H,14,16)(H,15,17)(H,18,19). The van der Waals surface area contributed by atoms with E-state index in [1.807, 2.05) is 0 Å². The molecule has 0 saturated heterocycles. The third-order valence-electron chi connectivity index (χ3n) is 2.13. The Balaban J connectivity index is 2.80. The molecule has 1 rings (SSSR count). The molecule has 0 bridgehead atoms. The van der Waals surface area contributed by atoms with E-state index in [2.05, 4.69) is 26.6 Å². The van der Waals surface area contributed by atoms with Crippen molar-refractivity contribution in [1.29, 1.82) is 0 Å². The number of amides is 2. The van der Waals surface area contributed by atoms with Crippen LogP contribution in [0.3, 0.4) is 0 Å². The van der Waals surface area contributed by atoms with Crippen LogP contribution in [0.15, 0.2) is 22.7 Å². The van der Waals surface area contributed by atoms with Gasteiger partial charge in [-0.05, 0) is 18.2 Å². The number of carboxylic acids is 1. The summed E-state index contributed by atoms with van der Waals surface area (Å²) >= 11 is 3.26. The van der Waals surface area contributed by atoms with Crippen molar-refractivity contribution in [3.05, 3.63) is 22.7 Å². The molecular weight excluding hydrogens is 316 g/mol. The lowest BCUT2D eigenvalue weighted by molar-refractivity contribution is -0.138. The fourth-order valence-electron chi connectivity index (χ4n) is 1.35. The zero-order chi connectivity index (χ0) is 14.4. The maximum absolute atomic E-state index is 11.6. The molecule has 0 aliphatic heterocycles. The minimum atomic E-state index is -1.04. The van der Waals surface area contributed by atoms with Gasteiger partial charge in [0.1, 0.15) is 0 Å². The molecule has 0 saturated carbocycles. The van der Waals surface area contributed by atoms with Crippen LogP contribution >= 0.6 is 15.9 Å². The predicted molar refractivity (Wildman–Crippen MR) is 73.9 cm³/mol. The maximum Gasteiger partial charge on any atom is 0.303 e. The topological polar surface area (TPSA) is 95.5 Å². The van der Waals surface area contributed by atoms with Crippen LogP contribution in [0, 0.1) is 0 Å². The van der Waals surface area contributed by atoms with E-state index in [0.29, 0.717) is 11.4 Å². The molecule has 1 aromatic carbocycles. The van der Waals surface area contributed by atoms with Crippen molar-refractivity contribution in [3.8, 4) is 0 Å². The second-order valence-corrected chi connectivity index (χ2v) is 4.73. The zero-order valence-corrected chi connectivity index (χ0v) is 11.8. The van der Waals surface area contributed by atoms with E-state index in [-0.39, 0.29) is 18.7 Å². The first kappa shape index (κ1) is 15.2. The minimum Gasteiger partial charge on any atom is -0.481 e. The van der Waals surface area contributed by atoms with E-state index in [1.54, 1.807) is 18.2 Å². The molecule has 0 aliphatic carbocycles. The molecule has 0 unspecified atom stereocenters. The Kier molecular flexibility index (Phi) is 5.50. The second kappa shape index (κ2) is 6.89. The molecule has 0 heterocycles. The number of halogens is 1. The number of benzene rings is 1. The quantitative estimate of drug-likeness (QED) is 0.772. The average molecular weight is 329 g/mol. The summed E-state index contributed by atoms with van der Waals surface area (Å²) in [6.45, 7) is 1.36. The van der Waals surface area contributed by atoms with Gasteiger partial charge in [0.05, 0.1) is 17.8 Å². The molecular formula is C12H13BrN2O4. The smallest absolute Gasteiger partial charge is 0.303 e. The first-order valence-corrected chi connectivity index (χ1v) is 6.26. The minimum absolute atomic E-state index is 0.124. The highest BCUT2D eigenvalue weighted by atomic mass is 79.9. The summed E-state index contributed by atoms with van der Waals surface area (Å²) in [6.07, 6.45) is -0.364. The molecule has 0 spiro atoms. The average Bonchev–Trinajstić information content (AvgIpc) is 2.29. The fourth-order valence-corrected chi connectivity index (χ4v) is 1.71. The Bertz CT molecular complexity index is 516. The van der Waals surface area contributed by atoms with Crippen LogP contribution in [0.25, 0.3) is 0 Å². The van der Waals surface area contributed by atoms with Gasteiger partial charge in [0.15, 0.2) is 0 Å². The molecule has 0 aromatic heterocycles. The first-order chi connectivity index (χ1) is 8.88. The lowest BCUT2D eigenvalue weighted by atomic mass is 10.2. The predicted octanol–water partition coefficient (Wildman–Crippen LogP) is 2.21. The van der Waals surface area contributed by atoms with Crippen molar-refractivity contribution < 1.29 is 19.5 Å². The molecule has 0 atom stereocenters. The highest BCUT2D eigenvalue weighted by Crippen LogP contribution is 2.26. The second-order valence-electron chi connectivity index (χ2n) is 3.81. The summed E-state index contributed by atoms with van der Waals surface area (Å²) in [5.41, 5.74) is 0.874. The van der Waals surface area contributed by atoms with E-state index in [4.69, 9.17) is 5.11 Å². The molecule has 102 valence electrons. The number of rotatable bonds is 5. The lowest BCUT2D eigenvalue weighted by Crippen LogP contribution is -2.15. The summed E-state index contributed by atoms with van der Waals surface area (Å²) in [5.74, 6) is -1.72. The summed E-state index contributed by atoms with van der Waals surface area (Å²) in [6, 6.07) is 4.99. The summed E-state index contributed by atoms with van der Waals surface area (Å²) in [5, 5.41) is 13.6. The van der Waals surface area contributed by atoms with Crippen LogP contribution < -0.4 is 10.6 Å². The first-order valence-electron chi connectivity index (χ1n) is 5.47. The Hall–Kier alpha value is -1.89. The molecule has 0 radical (unpaired) electrons. The largest absolute Gasteiger partial charge is 0.481 e. The summed E-state index contributed by atoms with van der Waals surface area (Å²) in [4.78, 5) is 33.0. The van der Waals surface area contributed by atoms with Gasteiger partial charge < -0.3 is 15.7 Å². The highest BCUT2D eigenvalue weighted by molar-refractivity contribution is 9.10. The van der Waals surface area contributed by atoms with Gasteiger partial charge in [-0.3, -0.25) is 14.4 Å². The van der Waals surface area contributed by atoms with Gasteiger partial charge >= 0.3 is 5.97 Å². The van der Waals surface area contributed by atoms with Gasteiger partial charge in [-0.25, -0.2) is 0 Å². The summed E-state index contributed by atoms with van der Waals surface area (Å²) in [7, 11) is 0. The maximum atomic E-state index is 11.6. The molecule has 7 heteroatoms. The van der Waals surface area contributed by atoms with Crippen molar-refractivity contribution >= 4 is 45.1 Å². The third-order valence-corrected chi connectivity index (χ3v) is 2.63. The van der Waals surface area contributed by atoms with Crippen molar-refractivity contribution in [2.24, 2.45) is 0 Å². The van der Waals surface area contributed by atoms with Gasteiger partial charge in [0.25, 0.3) is 0 Å². The van der Waals surface area contributed by atoms with Crippen LogP contribution in [0.5, 0.6) is 0 Å². The van der Waals surface area contributed by atoms with Gasteiger partial charge in [0.2, 0.25) is 11.8 Å². The lowest BCUT2D eigenvalue weighted by Gasteiger charge is -2.11. The van der Waals surface area contributed by atoms with Gasteiger partial charge in [-0.1, -0.05) is 15.9 Å². The third kappa shape index (κ3) is 5.52. The van der Waals surface area contributed by atoms with E-state index in [0.717, 1.165) is 4.47 Å². The normalized spacial score (nSPS) is 9.79. The van der Waals surface area contributed by atoms with E-state index in [9.17, 15) is 14.4 Å². The number of carbonyl (C=O) groups excluding carboxylic acids is 2. The number of hydrogen-bond donors (Lipinski definition) is 3. The molecule has 0 fully saturated rings. The van der Waals surface area contributed by atoms with Crippen LogP contribution in [-0.2, 0) is 14.4 Å². The number of carbonyl (C=O) groups is 3. The zero-order valence-electron chi connectivity index (χ0n) is 10.2. The van der Waals surface area contributed by atoms with Crippen LogP contribution in [-0.4, -0.2) is 22.9 Å². The Morgan fingerprint density at radius 3 is 2.42 bits per heavy atom. The fraction of sp³-hybridized carbons (Fsp3) is 0.250. The van der Waals surface area contributed by atoms with Crippen LogP contribution in [0.2, 0.25) is 0 Å². The van der Waals surface area contributed by atoms with Crippen molar-refractivity contribution in [3.63, 3.8) is 0 Å². The van der Waals surface area contributed by atoms with Crippen molar-refractivity contribution in [1.82, 2.24) is 0 Å². The van der Waals surface area contributed by atoms with Gasteiger partial charge in [-0.15, -0.1) is 0 Å². The summed E-state index contributed by atoms with van der Waals surface area (Å²) < 4.78 is 0.732. The van der Waals surface area contributed by atoms with E-state index in [1.165, 1.54) is 6.92 Å². The number of aliphatic carboxylic acids is 1. The van der Waals surface area contributed by atoms with Crippen LogP contribution in [0.1, 0.15) is 19.8 Å². The van der Waals surface area contributed by atoms with Gasteiger partial charge in [-0.2, -0.15) is 0 Å². The Labute approximate surface area is 118 Å². The van der Waals surface area contributed by atoms with Gasteiger partial charge in [0, 0.05) is 17.8 Å².